The van der Waals surface area contributed by atoms with Crippen LogP contribution in [-0.2, 0) is 0 Å². The third kappa shape index (κ3) is 3.09. The highest BCUT2D eigenvalue weighted by Gasteiger charge is 2.12. The van der Waals surface area contributed by atoms with Crippen LogP contribution in [0.1, 0.15) is 11.3 Å². The lowest BCUT2D eigenvalue weighted by Gasteiger charge is -1.95. The van der Waals surface area contributed by atoms with Crippen molar-refractivity contribution in [3.8, 4) is 17.4 Å². The maximum Gasteiger partial charge on any atom is 0.312 e. The first-order chi connectivity index (χ1) is 10.6. The summed E-state index contributed by atoms with van der Waals surface area (Å²) < 4.78 is 6.17. The topological polar surface area (TPSA) is 58.6 Å². The summed E-state index contributed by atoms with van der Waals surface area (Å²) in [5, 5.41) is 9.86. The molecule has 0 aliphatic carbocycles. The molecule has 4 nitrogen and oxygen atoms in total. The Morgan fingerprint density at radius 3 is 2.59 bits per heavy atom. The fourth-order valence-electron chi connectivity index (χ4n) is 1.91. The van der Waals surface area contributed by atoms with Gasteiger partial charge in [0, 0.05) is 10.0 Å². The molecule has 5 heteroatoms. The molecular formula is C17H13BrN2O2. The van der Waals surface area contributed by atoms with Crippen molar-refractivity contribution in [1.82, 2.24) is 4.98 Å². The molecule has 1 N–H and O–H groups in total. The van der Waals surface area contributed by atoms with E-state index in [1.54, 1.807) is 0 Å². The van der Waals surface area contributed by atoms with E-state index in [9.17, 15) is 5.11 Å². The van der Waals surface area contributed by atoms with Crippen LogP contribution in [0.5, 0.6) is 5.95 Å². The lowest BCUT2D eigenvalue weighted by molar-refractivity contribution is 0.337. The second-order valence-electron chi connectivity index (χ2n) is 4.79. The molecule has 0 atom stereocenters. The van der Waals surface area contributed by atoms with Crippen molar-refractivity contribution in [2.75, 3.05) is 0 Å². The molecule has 0 amide bonds. The highest BCUT2D eigenvalue weighted by Crippen LogP contribution is 2.27. The van der Waals surface area contributed by atoms with Crippen molar-refractivity contribution >= 4 is 27.8 Å². The number of para-hydroxylation sites is 1. The van der Waals surface area contributed by atoms with Gasteiger partial charge in [0.05, 0.1) is 11.9 Å². The van der Waals surface area contributed by atoms with Gasteiger partial charge in [0.2, 0.25) is 5.89 Å². The second kappa shape index (κ2) is 6.15. The standard InChI is InChI=1S/C17H13BrN2O2/c1-11-6-8-12(9-7-11)16-20-15(17(21)22-16)10-19-14-5-3-2-4-13(14)18/h2-10,21H,1H3. The fourth-order valence-corrected chi connectivity index (χ4v) is 2.30. The number of hydrogen-bond acceptors (Lipinski definition) is 4. The van der Waals surface area contributed by atoms with Gasteiger partial charge in [-0.1, -0.05) is 29.8 Å². The van der Waals surface area contributed by atoms with Crippen LogP contribution in [-0.4, -0.2) is 16.3 Å². The van der Waals surface area contributed by atoms with E-state index in [-0.39, 0.29) is 5.95 Å². The zero-order valence-corrected chi connectivity index (χ0v) is 13.4. The third-order valence-corrected chi connectivity index (χ3v) is 3.78. The zero-order valence-electron chi connectivity index (χ0n) is 11.8. The van der Waals surface area contributed by atoms with Gasteiger partial charge in [0.1, 0.15) is 0 Å². The van der Waals surface area contributed by atoms with Crippen molar-refractivity contribution in [1.29, 1.82) is 0 Å². The average molecular weight is 357 g/mol. The van der Waals surface area contributed by atoms with Crippen molar-refractivity contribution < 1.29 is 9.52 Å². The molecule has 3 rings (SSSR count). The molecule has 3 aromatic rings. The number of rotatable bonds is 3. The largest absolute Gasteiger partial charge is 0.479 e. The zero-order chi connectivity index (χ0) is 15.5. The predicted molar refractivity (Wildman–Crippen MR) is 89.7 cm³/mol. The monoisotopic (exact) mass is 356 g/mol. The minimum Gasteiger partial charge on any atom is -0.479 e. The van der Waals surface area contributed by atoms with E-state index in [4.69, 9.17) is 4.42 Å². The van der Waals surface area contributed by atoms with E-state index in [2.05, 4.69) is 25.9 Å². The van der Waals surface area contributed by atoms with Crippen molar-refractivity contribution in [3.05, 3.63) is 64.3 Å². The molecule has 1 aromatic heterocycles. The number of aliphatic imine (C=N–C) groups is 1. The lowest BCUT2D eigenvalue weighted by Crippen LogP contribution is -1.83. The van der Waals surface area contributed by atoms with Gasteiger partial charge >= 0.3 is 5.95 Å². The average Bonchev–Trinajstić information content (AvgIpc) is 2.88. The van der Waals surface area contributed by atoms with E-state index in [1.165, 1.54) is 6.21 Å². The highest BCUT2D eigenvalue weighted by atomic mass is 79.9. The van der Waals surface area contributed by atoms with Gasteiger partial charge in [-0.2, -0.15) is 0 Å². The minimum atomic E-state index is -0.244. The van der Waals surface area contributed by atoms with Gasteiger partial charge in [-0.3, -0.25) is 4.99 Å². The summed E-state index contributed by atoms with van der Waals surface area (Å²) in [6, 6.07) is 15.3. The summed E-state index contributed by atoms with van der Waals surface area (Å²) in [7, 11) is 0. The normalized spacial score (nSPS) is 11.2. The highest BCUT2D eigenvalue weighted by molar-refractivity contribution is 9.10. The Balaban J connectivity index is 1.90. The molecule has 0 aliphatic heterocycles. The Hall–Kier alpha value is -2.40. The molecule has 0 bridgehead atoms. The number of benzene rings is 2. The van der Waals surface area contributed by atoms with Crippen LogP contribution in [0.15, 0.2) is 62.4 Å². The molecular weight excluding hydrogens is 344 g/mol. The van der Waals surface area contributed by atoms with Crippen LogP contribution in [0.2, 0.25) is 0 Å². The molecule has 0 fully saturated rings. The van der Waals surface area contributed by atoms with Crippen LogP contribution in [0, 0.1) is 6.92 Å². The summed E-state index contributed by atoms with van der Waals surface area (Å²) in [6.45, 7) is 2.01. The van der Waals surface area contributed by atoms with E-state index < -0.39 is 0 Å². The smallest absolute Gasteiger partial charge is 0.312 e. The van der Waals surface area contributed by atoms with Gasteiger partial charge in [0.15, 0.2) is 5.69 Å². The second-order valence-corrected chi connectivity index (χ2v) is 5.64. The molecule has 0 aliphatic rings. The summed E-state index contributed by atoms with van der Waals surface area (Å²) in [4.78, 5) is 8.58. The molecule has 2 aromatic carbocycles. The molecule has 0 radical (unpaired) electrons. The number of oxazole rings is 1. The number of aromatic hydroxyl groups is 1. The first kappa shape index (κ1) is 14.5. The van der Waals surface area contributed by atoms with E-state index in [0.717, 1.165) is 21.3 Å². The summed E-state index contributed by atoms with van der Waals surface area (Å²) in [5.41, 5.74) is 3.00. The van der Waals surface area contributed by atoms with Crippen LogP contribution in [0.3, 0.4) is 0 Å². The van der Waals surface area contributed by atoms with E-state index in [0.29, 0.717) is 11.6 Å². The Bertz CT molecular complexity index is 823. The quantitative estimate of drug-likeness (QED) is 0.681. The minimum absolute atomic E-state index is 0.244. The van der Waals surface area contributed by atoms with Crippen molar-refractivity contribution in [2.24, 2.45) is 4.99 Å². The molecule has 0 unspecified atom stereocenters. The molecule has 110 valence electrons. The summed E-state index contributed by atoms with van der Waals surface area (Å²) in [6.07, 6.45) is 1.48. The molecule has 0 saturated heterocycles. The first-order valence-electron chi connectivity index (χ1n) is 6.69. The number of nitrogens with zero attached hydrogens (tertiary/aromatic N) is 2. The van der Waals surface area contributed by atoms with Gasteiger partial charge in [0.25, 0.3) is 0 Å². The van der Waals surface area contributed by atoms with Crippen LogP contribution >= 0.6 is 15.9 Å². The maximum absolute atomic E-state index is 9.86. The Labute approximate surface area is 136 Å². The van der Waals surface area contributed by atoms with E-state index >= 15 is 0 Å². The number of halogens is 1. The van der Waals surface area contributed by atoms with Crippen LogP contribution in [0.25, 0.3) is 11.5 Å². The number of aromatic nitrogens is 1. The maximum atomic E-state index is 9.86. The summed E-state index contributed by atoms with van der Waals surface area (Å²) in [5.74, 6) is 0.123. The fraction of sp³-hybridized carbons (Fsp3) is 0.0588. The number of aryl methyl sites for hydroxylation is 1. The molecule has 1 heterocycles. The lowest BCUT2D eigenvalue weighted by atomic mass is 10.1. The third-order valence-electron chi connectivity index (χ3n) is 3.11. The summed E-state index contributed by atoms with van der Waals surface area (Å²) >= 11 is 3.42. The van der Waals surface area contributed by atoms with Crippen molar-refractivity contribution in [3.63, 3.8) is 0 Å². The Kier molecular flexibility index (Phi) is 4.06. The predicted octanol–water partition coefficient (Wildman–Crippen LogP) is 4.87. The molecule has 0 saturated carbocycles. The Morgan fingerprint density at radius 2 is 1.86 bits per heavy atom. The van der Waals surface area contributed by atoms with Crippen LogP contribution < -0.4 is 0 Å². The first-order valence-corrected chi connectivity index (χ1v) is 7.48. The van der Waals surface area contributed by atoms with Crippen molar-refractivity contribution in [2.45, 2.75) is 6.92 Å². The Morgan fingerprint density at radius 1 is 1.14 bits per heavy atom. The SMILES string of the molecule is Cc1ccc(-c2nc(C=Nc3ccccc3Br)c(O)o2)cc1. The van der Waals surface area contributed by atoms with E-state index in [1.807, 2.05) is 55.5 Å². The molecule has 0 spiro atoms. The van der Waals surface area contributed by atoms with Crippen LogP contribution in [0.4, 0.5) is 5.69 Å². The van der Waals surface area contributed by atoms with Gasteiger partial charge in [-0.05, 0) is 47.1 Å². The molecule has 22 heavy (non-hydrogen) atoms. The van der Waals surface area contributed by atoms with Gasteiger partial charge < -0.3 is 9.52 Å². The van der Waals surface area contributed by atoms with Gasteiger partial charge in [-0.25, -0.2) is 4.98 Å². The number of hydrogen-bond donors (Lipinski definition) is 1. The van der Waals surface area contributed by atoms with Gasteiger partial charge in [-0.15, -0.1) is 0 Å².